The van der Waals surface area contributed by atoms with E-state index >= 15 is 0 Å². The molecule has 96 valence electrons. The number of nitrogens with two attached hydrogens (primary N) is 1. The number of nitrogens with zero attached hydrogens (tertiary/aromatic N) is 1. The average molecular weight is 258 g/mol. The second-order valence-corrected chi connectivity index (χ2v) is 5.41. The Morgan fingerprint density at radius 2 is 1.88 bits per heavy atom. The molecule has 0 saturated heterocycles. The molecule has 0 aromatic heterocycles. The van der Waals surface area contributed by atoms with Crippen molar-refractivity contribution in [2.45, 2.75) is 18.7 Å². The van der Waals surface area contributed by atoms with Crippen LogP contribution in [0, 0.1) is 0 Å². The van der Waals surface area contributed by atoms with E-state index in [0.717, 1.165) is 0 Å². The second-order valence-electron chi connectivity index (χ2n) is 3.50. The van der Waals surface area contributed by atoms with Gasteiger partial charge in [0.2, 0.25) is 10.0 Å². The van der Waals surface area contributed by atoms with Gasteiger partial charge in [-0.3, -0.25) is 0 Å². The Bertz CT molecular complexity index is 481. The maximum Gasteiger partial charge on any atom is 0.246 e. The van der Waals surface area contributed by atoms with Gasteiger partial charge in [0.05, 0.1) is 7.11 Å². The third kappa shape index (κ3) is 2.70. The van der Waals surface area contributed by atoms with Crippen molar-refractivity contribution in [3.8, 4) is 5.75 Å². The van der Waals surface area contributed by atoms with Gasteiger partial charge >= 0.3 is 0 Å². The lowest BCUT2D eigenvalue weighted by atomic mass is 10.3. The molecule has 6 heteroatoms. The molecule has 5 nitrogen and oxygen atoms in total. The normalized spacial score (nSPS) is 11.8. The van der Waals surface area contributed by atoms with Gasteiger partial charge < -0.3 is 10.5 Å². The highest BCUT2D eigenvalue weighted by molar-refractivity contribution is 7.89. The monoisotopic (exact) mass is 258 g/mol. The van der Waals surface area contributed by atoms with Crippen molar-refractivity contribution in [2.24, 2.45) is 0 Å². The Balaban J connectivity index is 3.32. The first kappa shape index (κ1) is 13.8. The fourth-order valence-electron chi connectivity index (χ4n) is 1.60. The van der Waals surface area contributed by atoms with E-state index in [2.05, 4.69) is 0 Å². The molecule has 17 heavy (non-hydrogen) atoms. The third-order valence-electron chi connectivity index (χ3n) is 2.51. The molecule has 0 spiro atoms. The number of hydrogen-bond donors (Lipinski definition) is 1. The summed E-state index contributed by atoms with van der Waals surface area (Å²) >= 11 is 0. The summed E-state index contributed by atoms with van der Waals surface area (Å²) in [6, 6.07) is 4.54. The van der Waals surface area contributed by atoms with Crippen molar-refractivity contribution in [1.29, 1.82) is 0 Å². The van der Waals surface area contributed by atoms with Gasteiger partial charge in [-0.1, -0.05) is 13.8 Å². The van der Waals surface area contributed by atoms with Crippen molar-refractivity contribution in [3.05, 3.63) is 18.2 Å². The van der Waals surface area contributed by atoms with Crippen LogP contribution in [0.3, 0.4) is 0 Å². The van der Waals surface area contributed by atoms with Crippen LogP contribution in [0.25, 0.3) is 0 Å². The Morgan fingerprint density at radius 1 is 1.29 bits per heavy atom. The van der Waals surface area contributed by atoms with Gasteiger partial charge in [-0.05, 0) is 12.1 Å². The maximum absolute atomic E-state index is 12.3. The fourth-order valence-corrected chi connectivity index (χ4v) is 3.19. The lowest BCUT2D eigenvalue weighted by Crippen LogP contribution is -2.30. The number of nitrogen functional groups attached to an aromatic ring is 1. The number of ether oxygens (including phenoxy) is 1. The van der Waals surface area contributed by atoms with Gasteiger partial charge in [0, 0.05) is 24.8 Å². The van der Waals surface area contributed by atoms with Crippen LogP contribution in [-0.2, 0) is 10.0 Å². The van der Waals surface area contributed by atoms with Crippen molar-refractivity contribution in [1.82, 2.24) is 4.31 Å². The number of rotatable bonds is 5. The Kier molecular flexibility index (Phi) is 4.36. The summed E-state index contributed by atoms with van der Waals surface area (Å²) in [5, 5.41) is 0. The van der Waals surface area contributed by atoms with E-state index in [1.165, 1.54) is 23.5 Å². The molecule has 0 saturated carbocycles. The summed E-state index contributed by atoms with van der Waals surface area (Å²) in [5.41, 5.74) is 6.07. The predicted molar refractivity (Wildman–Crippen MR) is 67.5 cm³/mol. The van der Waals surface area contributed by atoms with Gasteiger partial charge in [0.1, 0.15) is 10.6 Å². The van der Waals surface area contributed by atoms with Gasteiger partial charge in [-0.15, -0.1) is 0 Å². The molecule has 0 radical (unpaired) electrons. The molecular weight excluding hydrogens is 240 g/mol. The summed E-state index contributed by atoms with van der Waals surface area (Å²) in [5.74, 6) is 0.275. The van der Waals surface area contributed by atoms with E-state index in [1.54, 1.807) is 19.9 Å². The van der Waals surface area contributed by atoms with Gasteiger partial charge in [0.25, 0.3) is 0 Å². The number of sulfonamides is 1. The molecule has 0 bridgehead atoms. The lowest BCUT2D eigenvalue weighted by Gasteiger charge is -2.20. The van der Waals surface area contributed by atoms with Crippen molar-refractivity contribution in [3.63, 3.8) is 0 Å². The lowest BCUT2D eigenvalue weighted by molar-refractivity contribution is 0.396. The molecule has 0 aliphatic heterocycles. The number of benzene rings is 1. The molecule has 0 aliphatic rings. The van der Waals surface area contributed by atoms with E-state index < -0.39 is 10.0 Å². The van der Waals surface area contributed by atoms with Crippen LogP contribution in [0.1, 0.15) is 13.8 Å². The van der Waals surface area contributed by atoms with E-state index in [-0.39, 0.29) is 10.6 Å². The Hall–Kier alpha value is -1.27. The molecule has 0 heterocycles. The highest BCUT2D eigenvalue weighted by atomic mass is 32.2. The van der Waals surface area contributed by atoms with Crippen LogP contribution in [0.15, 0.2) is 23.1 Å². The van der Waals surface area contributed by atoms with Crippen molar-refractivity contribution in [2.75, 3.05) is 25.9 Å². The highest BCUT2D eigenvalue weighted by Gasteiger charge is 2.25. The van der Waals surface area contributed by atoms with Gasteiger partial charge in [0.15, 0.2) is 0 Å². The Labute approximate surface area is 102 Å². The molecule has 0 amide bonds. The quantitative estimate of drug-likeness (QED) is 0.808. The summed E-state index contributed by atoms with van der Waals surface area (Å²) in [6.45, 7) is 4.44. The van der Waals surface area contributed by atoms with E-state index in [4.69, 9.17) is 10.5 Å². The minimum atomic E-state index is -3.51. The first-order chi connectivity index (χ1) is 7.97. The van der Waals surface area contributed by atoms with Crippen molar-refractivity contribution < 1.29 is 13.2 Å². The molecule has 0 fully saturated rings. The summed E-state index contributed by atoms with van der Waals surface area (Å²) < 4.78 is 31.0. The summed E-state index contributed by atoms with van der Waals surface area (Å²) in [4.78, 5) is 0.151. The van der Waals surface area contributed by atoms with Crippen LogP contribution in [0.2, 0.25) is 0 Å². The number of hydrogen-bond acceptors (Lipinski definition) is 4. The standard InChI is InChI=1S/C11H18N2O3S/c1-4-13(5-2)17(14,15)11-7-6-9(12)8-10(11)16-3/h6-8H,4-5,12H2,1-3H3. The van der Waals surface area contributed by atoms with Crippen LogP contribution in [-0.4, -0.2) is 32.9 Å². The van der Waals surface area contributed by atoms with Crippen LogP contribution in [0.5, 0.6) is 5.75 Å². The zero-order valence-electron chi connectivity index (χ0n) is 10.3. The number of anilines is 1. The first-order valence-corrected chi connectivity index (χ1v) is 6.85. The van der Waals surface area contributed by atoms with Gasteiger partial charge in [-0.2, -0.15) is 4.31 Å². The zero-order valence-corrected chi connectivity index (χ0v) is 11.1. The largest absolute Gasteiger partial charge is 0.495 e. The maximum atomic E-state index is 12.3. The zero-order chi connectivity index (χ0) is 13.1. The van der Waals surface area contributed by atoms with Gasteiger partial charge in [-0.25, -0.2) is 8.42 Å². The minimum Gasteiger partial charge on any atom is -0.495 e. The molecule has 2 N–H and O–H groups in total. The van der Waals surface area contributed by atoms with Crippen LogP contribution in [0.4, 0.5) is 5.69 Å². The van der Waals surface area contributed by atoms with E-state index in [1.807, 2.05) is 0 Å². The molecule has 1 aromatic rings. The third-order valence-corrected chi connectivity index (χ3v) is 4.60. The molecule has 1 aromatic carbocycles. The number of methoxy groups -OCH3 is 1. The van der Waals surface area contributed by atoms with E-state index in [9.17, 15) is 8.42 Å². The predicted octanol–water partition coefficient (Wildman–Crippen LogP) is 1.31. The topological polar surface area (TPSA) is 72.6 Å². The minimum absolute atomic E-state index is 0.151. The fraction of sp³-hybridized carbons (Fsp3) is 0.455. The summed E-state index contributed by atoms with van der Waals surface area (Å²) in [7, 11) is -2.08. The Morgan fingerprint density at radius 3 is 2.35 bits per heavy atom. The highest BCUT2D eigenvalue weighted by Crippen LogP contribution is 2.28. The smallest absolute Gasteiger partial charge is 0.246 e. The molecule has 0 atom stereocenters. The molecule has 0 unspecified atom stereocenters. The van der Waals surface area contributed by atoms with E-state index in [0.29, 0.717) is 18.8 Å². The molecular formula is C11H18N2O3S. The molecule has 1 rings (SSSR count). The van der Waals surface area contributed by atoms with Crippen molar-refractivity contribution >= 4 is 15.7 Å². The van der Waals surface area contributed by atoms with Crippen LogP contribution < -0.4 is 10.5 Å². The SMILES string of the molecule is CCN(CC)S(=O)(=O)c1ccc(N)cc1OC. The molecule has 0 aliphatic carbocycles. The first-order valence-electron chi connectivity index (χ1n) is 5.41. The second kappa shape index (κ2) is 5.37. The average Bonchev–Trinajstić information content (AvgIpc) is 2.29. The summed E-state index contributed by atoms with van der Waals surface area (Å²) in [6.07, 6.45) is 0. The van der Waals surface area contributed by atoms with Crippen LogP contribution >= 0.6 is 0 Å².